The van der Waals surface area contributed by atoms with Crippen molar-refractivity contribution in [3.8, 4) is 0 Å². The Morgan fingerprint density at radius 3 is 2.32 bits per heavy atom. The van der Waals surface area contributed by atoms with E-state index in [9.17, 15) is 26.7 Å². The topological polar surface area (TPSA) is 69.6 Å². The number of para-hydroxylation sites is 1. The molecule has 1 aliphatic rings. The molecule has 1 fully saturated rings. The van der Waals surface area contributed by atoms with Crippen LogP contribution in [0.15, 0.2) is 30.3 Å². The van der Waals surface area contributed by atoms with Crippen molar-refractivity contribution in [1.82, 2.24) is 4.90 Å². The number of hydrogen-bond donors (Lipinski definition) is 2. The molecule has 1 unspecified atom stereocenters. The zero-order chi connectivity index (χ0) is 16.6. The monoisotopic (exact) mass is 338 g/mol. The first-order valence-electron chi connectivity index (χ1n) is 6.59. The lowest BCUT2D eigenvalue weighted by Gasteiger charge is -2.42. The van der Waals surface area contributed by atoms with Crippen LogP contribution >= 0.6 is 0 Å². The minimum absolute atomic E-state index is 0.0472. The highest BCUT2D eigenvalue weighted by atomic mass is 32.2. The van der Waals surface area contributed by atoms with Crippen molar-refractivity contribution >= 4 is 15.7 Å². The summed E-state index contributed by atoms with van der Waals surface area (Å²) < 4.78 is 64.2. The van der Waals surface area contributed by atoms with Gasteiger partial charge in [0.15, 0.2) is 5.60 Å². The molecule has 1 aliphatic heterocycles. The second-order valence-electron chi connectivity index (χ2n) is 5.60. The van der Waals surface area contributed by atoms with Gasteiger partial charge in [0.1, 0.15) is 5.25 Å². The summed E-state index contributed by atoms with van der Waals surface area (Å²) in [7, 11) is -3.66. The van der Waals surface area contributed by atoms with E-state index >= 15 is 0 Å². The van der Waals surface area contributed by atoms with Crippen molar-refractivity contribution in [2.45, 2.75) is 24.0 Å². The van der Waals surface area contributed by atoms with Gasteiger partial charge in [0.05, 0.1) is 0 Å². The Bertz CT molecular complexity index is 611. The minimum Gasteiger partial charge on any atom is -0.380 e. The molecular formula is C13H17F3N2O3S. The van der Waals surface area contributed by atoms with Gasteiger partial charge in [0.25, 0.3) is 0 Å². The van der Waals surface area contributed by atoms with E-state index in [0.29, 0.717) is 12.6 Å². The summed E-state index contributed by atoms with van der Waals surface area (Å²) in [6.07, 6.45) is -4.75. The molecule has 1 aromatic rings. The number of halogens is 3. The fraction of sp³-hybridized carbons (Fsp3) is 0.538. The molecule has 1 aromatic carbocycles. The predicted molar refractivity (Wildman–Crippen MR) is 75.9 cm³/mol. The van der Waals surface area contributed by atoms with Gasteiger partial charge < -0.3 is 5.11 Å². The van der Waals surface area contributed by atoms with E-state index in [1.165, 1.54) is 4.90 Å². The third-order valence-electron chi connectivity index (χ3n) is 3.54. The van der Waals surface area contributed by atoms with Crippen LogP contribution < -0.4 is 4.72 Å². The molecule has 0 radical (unpaired) electrons. The Morgan fingerprint density at radius 2 is 1.82 bits per heavy atom. The molecule has 124 valence electrons. The zero-order valence-electron chi connectivity index (χ0n) is 11.8. The average molecular weight is 338 g/mol. The highest BCUT2D eigenvalue weighted by Crippen LogP contribution is 2.32. The second kappa shape index (κ2) is 5.71. The van der Waals surface area contributed by atoms with Gasteiger partial charge in [-0.25, -0.2) is 8.42 Å². The first-order valence-corrected chi connectivity index (χ1v) is 8.14. The highest BCUT2D eigenvalue weighted by Gasteiger charge is 2.52. The number of β-amino-alcohol motifs (C(OH)–C–C–N with tert-alkyl or cyclic N) is 1. The van der Waals surface area contributed by atoms with Crippen molar-refractivity contribution in [3.63, 3.8) is 0 Å². The van der Waals surface area contributed by atoms with E-state index < -0.39 is 33.6 Å². The SMILES string of the molecule is CC(O)(CN1CC(S(=O)(=O)Nc2ccccc2)C1)C(F)(F)F. The van der Waals surface area contributed by atoms with Crippen LogP contribution in [0.5, 0.6) is 0 Å². The van der Waals surface area contributed by atoms with Crippen LogP contribution in [-0.4, -0.2) is 55.1 Å². The number of likely N-dealkylation sites (tertiary alicyclic amines) is 1. The summed E-state index contributed by atoms with van der Waals surface area (Å²) in [5.41, 5.74) is -2.45. The number of nitrogens with zero attached hydrogens (tertiary/aromatic N) is 1. The lowest BCUT2D eigenvalue weighted by Crippen LogP contribution is -2.62. The van der Waals surface area contributed by atoms with Crippen LogP contribution in [0, 0.1) is 0 Å². The average Bonchev–Trinajstić information content (AvgIpc) is 2.32. The fourth-order valence-corrected chi connectivity index (χ4v) is 3.57. The molecule has 9 heteroatoms. The summed E-state index contributed by atoms with van der Waals surface area (Å²) in [4.78, 5) is 1.27. The van der Waals surface area contributed by atoms with E-state index in [4.69, 9.17) is 0 Å². The number of alkyl halides is 3. The Labute approximate surface area is 126 Å². The summed E-state index contributed by atoms with van der Waals surface area (Å²) in [6.45, 7) is -0.0618. The number of sulfonamides is 1. The first kappa shape index (κ1) is 17.0. The molecule has 2 rings (SSSR count). The van der Waals surface area contributed by atoms with Gasteiger partial charge in [-0.05, 0) is 19.1 Å². The molecule has 1 saturated heterocycles. The van der Waals surface area contributed by atoms with Crippen LogP contribution in [-0.2, 0) is 10.0 Å². The maximum Gasteiger partial charge on any atom is 0.418 e. The predicted octanol–water partition coefficient (Wildman–Crippen LogP) is 1.43. The van der Waals surface area contributed by atoms with E-state index in [0.717, 1.165) is 0 Å². The van der Waals surface area contributed by atoms with Crippen molar-refractivity contribution < 1.29 is 26.7 Å². The van der Waals surface area contributed by atoms with E-state index in [-0.39, 0.29) is 13.1 Å². The lowest BCUT2D eigenvalue weighted by atomic mass is 10.0. The number of aliphatic hydroxyl groups is 1. The summed E-state index contributed by atoms with van der Waals surface area (Å²) in [5, 5.41) is 8.58. The van der Waals surface area contributed by atoms with Gasteiger partial charge in [0, 0.05) is 25.3 Å². The Hall–Kier alpha value is -1.32. The van der Waals surface area contributed by atoms with E-state index in [1.54, 1.807) is 30.3 Å². The number of rotatable bonds is 5. The molecule has 22 heavy (non-hydrogen) atoms. The minimum atomic E-state index is -4.75. The van der Waals surface area contributed by atoms with Crippen molar-refractivity contribution in [2.24, 2.45) is 0 Å². The standard InChI is InChI=1S/C13H17F3N2O3S/c1-12(19,13(14,15)16)9-18-7-11(8-18)22(20,21)17-10-5-3-2-4-6-10/h2-6,11,17,19H,7-9H2,1H3. The molecular weight excluding hydrogens is 321 g/mol. The maximum absolute atomic E-state index is 12.6. The van der Waals surface area contributed by atoms with Crippen LogP contribution in [0.4, 0.5) is 18.9 Å². The third-order valence-corrected chi connectivity index (χ3v) is 5.23. The van der Waals surface area contributed by atoms with E-state index in [2.05, 4.69) is 4.72 Å². The highest BCUT2D eigenvalue weighted by molar-refractivity contribution is 7.93. The van der Waals surface area contributed by atoms with E-state index in [1.807, 2.05) is 0 Å². The molecule has 5 nitrogen and oxygen atoms in total. The quantitative estimate of drug-likeness (QED) is 0.852. The summed E-state index contributed by atoms with van der Waals surface area (Å²) in [5.74, 6) is 0. The van der Waals surface area contributed by atoms with Crippen molar-refractivity contribution in [2.75, 3.05) is 24.4 Å². The smallest absolute Gasteiger partial charge is 0.380 e. The third kappa shape index (κ3) is 3.71. The number of hydrogen-bond acceptors (Lipinski definition) is 4. The number of nitrogens with one attached hydrogen (secondary N) is 1. The molecule has 0 bridgehead atoms. The number of benzene rings is 1. The van der Waals surface area contributed by atoms with Crippen LogP contribution in [0.2, 0.25) is 0 Å². The van der Waals surface area contributed by atoms with Crippen LogP contribution in [0.3, 0.4) is 0 Å². The molecule has 0 saturated carbocycles. The summed E-state index contributed by atoms with van der Waals surface area (Å²) in [6, 6.07) is 8.25. The van der Waals surface area contributed by atoms with Gasteiger partial charge in [-0.3, -0.25) is 9.62 Å². The lowest BCUT2D eigenvalue weighted by molar-refractivity contribution is -0.259. The van der Waals surface area contributed by atoms with Crippen LogP contribution in [0.1, 0.15) is 6.92 Å². The normalized spacial score (nSPS) is 20.2. The Kier molecular flexibility index (Phi) is 4.42. The molecule has 0 aliphatic carbocycles. The summed E-state index contributed by atoms with van der Waals surface area (Å²) >= 11 is 0. The molecule has 0 spiro atoms. The molecule has 2 N–H and O–H groups in total. The molecule has 1 atom stereocenters. The van der Waals surface area contributed by atoms with Crippen LogP contribution in [0.25, 0.3) is 0 Å². The zero-order valence-corrected chi connectivity index (χ0v) is 12.7. The maximum atomic E-state index is 12.6. The fourth-order valence-electron chi connectivity index (χ4n) is 2.13. The second-order valence-corrected chi connectivity index (χ2v) is 7.56. The first-order chi connectivity index (χ1) is 10.0. The van der Waals surface area contributed by atoms with Crippen molar-refractivity contribution in [1.29, 1.82) is 0 Å². The van der Waals surface area contributed by atoms with Gasteiger partial charge in [-0.2, -0.15) is 13.2 Å². The Morgan fingerprint density at radius 1 is 1.27 bits per heavy atom. The Balaban J connectivity index is 1.91. The van der Waals surface area contributed by atoms with Gasteiger partial charge >= 0.3 is 6.18 Å². The largest absolute Gasteiger partial charge is 0.418 e. The molecule has 0 aromatic heterocycles. The molecule has 0 amide bonds. The molecule has 1 heterocycles. The van der Waals surface area contributed by atoms with Crippen molar-refractivity contribution in [3.05, 3.63) is 30.3 Å². The van der Waals surface area contributed by atoms with Gasteiger partial charge in [0.2, 0.25) is 10.0 Å². The number of anilines is 1. The van der Waals surface area contributed by atoms with Gasteiger partial charge in [-0.1, -0.05) is 18.2 Å². The van der Waals surface area contributed by atoms with Gasteiger partial charge in [-0.15, -0.1) is 0 Å².